The lowest BCUT2D eigenvalue weighted by Crippen LogP contribution is -2.51. The van der Waals surface area contributed by atoms with Gasteiger partial charge in [0.1, 0.15) is 17.5 Å². The minimum absolute atomic E-state index is 0.0233. The zero-order chi connectivity index (χ0) is 25.4. The standard InChI is InChI=1S/C28H33BrN2O4/c1-5-19(3)30-28(33)24(6-2)31(17-20-10-9-12-22(16-20)34-4)26(32)18-35-25-15-14-21-11-7-8-13-23(21)27(25)29/h7-16,19,24H,5-6,17-18H2,1-4H3,(H,30,33)/t19-,24+/m0/s1. The fraction of sp³-hybridized carbons (Fsp3) is 0.357. The van der Waals surface area contributed by atoms with E-state index in [2.05, 4.69) is 21.2 Å². The first-order chi connectivity index (χ1) is 16.9. The molecule has 0 aliphatic rings. The number of fused-ring (bicyclic) bond motifs is 1. The minimum atomic E-state index is -0.619. The van der Waals surface area contributed by atoms with Gasteiger partial charge in [0.25, 0.3) is 5.91 Å². The van der Waals surface area contributed by atoms with Gasteiger partial charge in [0.05, 0.1) is 11.6 Å². The molecule has 0 aliphatic heterocycles. The van der Waals surface area contributed by atoms with Crippen molar-refractivity contribution >= 4 is 38.5 Å². The summed E-state index contributed by atoms with van der Waals surface area (Å²) in [7, 11) is 1.60. The van der Waals surface area contributed by atoms with Crippen LogP contribution in [0.2, 0.25) is 0 Å². The maximum atomic E-state index is 13.5. The van der Waals surface area contributed by atoms with Crippen LogP contribution >= 0.6 is 15.9 Å². The van der Waals surface area contributed by atoms with Crippen LogP contribution < -0.4 is 14.8 Å². The number of halogens is 1. The van der Waals surface area contributed by atoms with E-state index >= 15 is 0 Å². The SMILES string of the molecule is CC[C@H](C(=O)N[C@@H](C)CC)N(Cc1cccc(OC)c1)C(=O)COc1ccc2ccccc2c1Br. The highest BCUT2D eigenvalue weighted by Crippen LogP contribution is 2.33. The lowest BCUT2D eigenvalue weighted by atomic mass is 10.1. The second-order valence-corrected chi connectivity index (χ2v) is 9.30. The Morgan fingerprint density at radius 2 is 1.80 bits per heavy atom. The number of rotatable bonds is 11. The molecule has 2 atom stereocenters. The molecule has 0 spiro atoms. The molecule has 0 radical (unpaired) electrons. The van der Waals surface area contributed by atoms with Gasteiger partial charge in [-0.2, -0.15) is 0 Å². The number of benzene rings is 3. The van der Waals surface area contributed by atoms with E-state index in [0.717, 1.165) is 27.2 Å². The highest BCUT2D eigenvalue weighted by Gasteiger charge is 2.29. The number of amides is 2. The van der Waals surface area contributed by atoms with Crippen LogP contribution in [0.15, 0.2) is 65.1 Å². The third-order valence-electron chi connectivity index (χ3n) is 6.05. The van der Waals surface area contributed by atoms with Gasteiger partial charge < -0.3 is 19.7 Å². The Labute approximate surface area is 215 Å². The van der Waals surface area contributed by atoms with Crippen molar-refractivity contribution in [1.29, 1.82) is 0 Å². The van der Waals surface area contributed by atoms with Crippen molar-refractivity contribution in [2.75, 3.05) is 13.7 Å². The Morgan fingerprint density at radius 1 is 1.03 bits per heavy atom. The fourth-order valence-corrected chi connectivity index (χ4v) is 4.48. The van der Waals surface area contributed by atoms with Crippen LogP contribution in [-0.4, -0.2) is 42.5 Å². The summed E-state index contributed by atoms with van der Waals surface area (Å²) in [6, 6.07) is 18.7. The molecule has 0 unspecified atom stereocenters. The second-order valence-electron chi connectivity index (χ2n) is 8.50. The molecular weight excluding hydrogens is 508 g/mol. The van der Waals surface area contributed by atoms with Crippen molar-refractivity contribution in [3.63, 3.8) is 0 Å². The molecule has 0 fully saturated rings. The molecule has 3 aromatic carbocycles. The topological polar surface area (TPSA) is 67.9 Å². The molecule has 1 N–H and O–H groups in total. The second kappa shape index (κ2) is 12.6. The third-order valence-corrected chi connectivity index (χ3v) is 6.87. The van der Waals surface area contributed by atoms with Gasteiger partial charge in [-0.1, -0.05) is 56.3 Å². The third kappa shape index (κ3) is 6.75. The highest BCUT2D eigenvalue weighted by atomic mass is 79.9. The summed E-state index contributed by atoms with van der Waals surface area (Å²) in [6.45, 7) is 5.96. The molecule has 3 rings (SSSR count). The van der Waals surface area contributed by atoms with E-state index in [4.69, 9.17) is 9.47 Å². The highest BCUT2D eigenvalue weighted by molar-refractivity contribution is 9.10. The van der Waals surface area contributed by atoms with Crippen LogP contribution in [0.5, 0.6) is 11.5 Å². The Hall–Kier alpha value is -3.06. The summed E-state index contributed by atoms with van der Waals surface area (Å²) >= 11 is 3.61. The van der Waals surface area contributed by atoms with Crippen molar-refractivity contribution < 1.29 is 19.1 Å². The molecule has 0 aromatic heterocycles. The van der Waals surface area contributed by atoms with Gasteiger partial charge in [-0.3, -0.25) is 9.59 Å². The average molecular weight is 541 g/mol. The van der Waals surface area contributed by atoms with E-state index in [9.17, 15) is 9.59 Å². The zero-order valence-electron chi connectivity index (χ0n) is 20.7. The summed E-state index contributed by atoms with van der Waals surface area (Å²) in [6.07, 6.45) is 1.29. The predicted molar refractivity (Wildman–Crippen MR) is 143 cm³/mol. The molecule has 2 amide bonds. The first kappa shape index (κ1) is 26.5. The van der Waals surface area contributed by atoms with E-state index in [1.807, 2.05) is 81.4 Å². The zero-order valence-corrected chi connectivity index (χ0v) is 22.3. The molecule has 3 aromatic rings. The lowest BCUT2D eigenvalue weighted by Gasteiger charge is -2.31. The lowest BCUT2D eigenvalue weighted by molar-refractivity contribution is -0.143. The molecule has 0 saturated heterocycles. The monoisotopic (exact) mass is 540 g/mol. The Kier molecular flexibility index (Phi) is 9.55. The van der Waals surface area contributed by atoms with Crippen molar-refractivity contribution in [3.8, 4) is 11.5 Å². The fourth-order valence-electron chi connectivity index (χ4n) is 3.88. The van der Waals surface area contributed by atoms with Crippen LogP contribution in [-0.2, 0) is 16.1 Å². The largest absolute Gasteiger partial charge is 0.497 e. The molecule has 6 nitrogen and oxygen atoms in total. The number of methoxy groups -OCH3 is 1. The van der Waals surface area contributed by atoms with Crippen LogP contribution in [0.25, 0.3) is 10.8 Å². The van der Waals surface area contributed by atoms with Crippen LogP contribution in [0, 0.1) is 0 Å². The van der Waals surface area contributed by atoms with Gasteiger partial charge in [-0.05, 0) is 70.2 Å². The normalized spacial score (nSPS) is 12.6. The van der Waals surface area contributed by atoms with Crippen LogP contribution in [0.3, 0.4) is 0 Å². The minimum Gasteiger partial charge on any atom is -0.497 e. The number of hydrogen-bond acceptors (Lipinski definition) is 4. The number of nitrogens with one attached hydrogen (secondary N) is 1. The number of carbonyl (C=O) groups excluding carboxylic acids is 2. The van der Waals surface area contributed by atoms with E-state index < -0.39 is 6.04 Å². The molecule has 186 valence electrons. The van der Waals surface area contributed by atoms with E-state index in [0.29, 0.717) is 17.9 Å². The summed E-state index contributed by atoms with van der Waals surface area (Å²) in [5, 5.41) is 5.10. The number of carbonyl (C=O) groups is 2. The van der Waals surface area contributed by atoms with Crippen molar-refractivity contribution in [1.82, 2.24) is 10.2 Å². The smallest absolute Gasteiger partial charge is 0.261 e. The number of ether oxygens (including phenoxy) is 2. The van der Waals surface area contributed by atoms with Crippen molar-refractivity contribution in [2.24, 2.45) is 0 Å². The molecule has 7 heteroatoms. The summed E-state index contributed by atoms with van der Waals surface area (Å²) in [5.74, 6) is 0.850. The predicted octanol–water partition coefficient (Wildman–Crippen LogP) is 5.71. The van der Waals surface area contributed by atoms with Gasteiger partial charge in [0, 0.05) is 12.6 Å². The summed E-state index contributed by atoms with van der Waals surface area (Å²) in [5.41, 5.74) is 0.874. The van der Waals surface area contributed by atoms with Gasteiger partial charge in [0.2, 0.25) is 5.91 Å². The van der Waals surface area contributed by atoms with Crippen molar-refractivity contribution in [3.05, 3.63) is 70.7 Å². The van der Waals surface area contributed by atoms with Crippen LogP contribution in [0.1, 0.15) is 39.2 Å². The van der Waals surface area contributed by atoms with E-state index in [1.165, 1.54) is 0 Å². The Bertz CT molecular complexity index is 1170. The van der Waals surface area contributed by atoms with E-state index in [1.54, 1.807) is 12.0 Å². The van der Waals surface area contributed by atoms with Crippen LogP contribution in [0.4, 0.5) is 0 Å². The molecule has 35 heavy (non-hydrogen) atoms. The molecule has 0 aliphatic carbocycles. The average Bonchev–Trinajstić information content (AvgIpc) is 2.88. The first-order valence-electron chi connectivity index (χ1n) is 11.9. The van der Waals surface area contributed by atoms with Gasteiger partial charge in [-0.15, -0.1) is 0 Å². The number of hydrogen-bond donors (Lipinski definition) is 1. The van der Waals surface area contributed by atoms with E-state index in [-0.39, 0.29) is 31.0 Å². The summed E-state index contributed by atoms with van der Waals surface area (Å²) in [4.78, 5) is 28.2. The Balaban J connectivity index is 1.84. The quantitative estimate of drug-likeness (QED) is 0.338. The molecule has 0 saturated carbocycles. The summed E-state index contributed by atoms with van der Waals surface area (Å²) < 4.78 is 12.1. The van der Waals surface area contributed by atoms with Gasteiger partial charge in [0.15, 0.2) is 6.61 Å². The molecular formula is C28H33BrN2O4. The molecule has 0 bridgehead atoms. The number of nitrogens with zero attached hydrogens (tertiary/aromatic N) is 1. The molecule has 0 heterocycles. The maximum Gasteiger partial charge on any atom is 0.261 e. The van der Waals surface area contributed by atoms with Crippen molar-refractivity contribution in [2.45, 2.75) is 52.2 Å². The maximum absolute atomic E-state index is 13.5. The van der Waals surface area contributed by atoms with Gasteiger partial charge >= 0.3 is 0 Å². The van der Waals surface area contributed by atoms with Gasteiger partial charge in [-0.25, -0.2) is 0 Å². The Morgan fingerprint density at radius 3 is 2.51 bits per heavy atom. The first-order valence-corrected chi connectivity index (χ1v) is 12.7.